The molecule has 0 atom stereocenters. The molecule has 6 nitrogen and oxygen atoms in total. The Morgan fingerprint density at radius 3 is 2.73 bits per heavy atom. The molecule has 1 aliphatic rings. The van der Waals surface area contributed by atoms with Gasteiger partial charge in [-0.2, -0.15) is 0 Å². The summed E-state index contributed by atoms with van der Waals surface area (Å²) >= 11 is 0. The first-order chi connectivity index (χ1) is 12.8. The van der Waals surface area contributed by atoms with Crippen LogP contribution in [0.5, 0.6) is 5.75 Å². The molecule has 0 saturated carbocycles. The molecule has 1 saturated heterocycles. The van der Waals surface area contributed by atoms with Gasteiger partial charge in [0.2, 0.25) is 0 Å². The molecule has 0 bridgehead atoms. The fraction of sp³-hybridized carbons (Fsp3) is 0.350. The highest BCUT2D eigenvalue weighted by atomic mass is 16.5. The molecule has 136 valence electrons. The average molecular weight is 353 g/mol. The van der Waals surface area contributed by atoms with Gasteiger partial charge in [-0.05, 0) is 43.2 Å². The van der Waals surface area contributed by atoms with E-state index >= 15 is 0 Å². The molecule has 0 radical (unpaired) electrons. The maximum atomic E-state index is 5.82. The Hall–Kier alpha value is -2.57. The van der Waals surface area contributed by atoms with Gasteiger partial charge in [0.25, 0.3) is 0 Å². The number of nitrogens with zero attached hydrogens (tertiary/aromatic N) is 2. The van der Waals surface area contributed by atoms with Gasteiger partial charge in [0.05, 0.1) is 24.6 Å². The Bertz CT molecular complexity index is 854. The number of hydrogen-bond donors (Lipinski definition) is 1. The number of anilines is 1. The average Bonchev–Trinajstić information content (AvgIpc) is 3.09. The van der Waals surface area contributed by atoms with Crippen molar-refractivity contribution < 1.29 is 14.2 Å². The topological polar surface area (TPSA) is 71.0 Å². The number of benzene rings is 1. The first-order valence-electron chi connectivity index (χ1n) is 8.95. The molecule has 1 aromatic carbocycles. The van der Waals surface area contributed by atoms with E-state index in [1.165, 1.54) is 0 Å². The van der Waals surface area contributed by atoms with E-state index in [-0.39, 0.29) is 0 Å². The van der Waals surface area contributed by atoms with Gasteiger partial charge < -0.3 is 19.9 Å². The van der Waals surface area contributed by atoms with Crippen LogP contribution in [-0.2, 0) is 9.47 Å². The molecule has 3 aromatic rings. The summed E-state index contributed by atoms with van der Waals surface area (Å²) in [6.45, 7) is 2.73. The van der Waals surface area contributed by atoms with Crippen LogP contribution in [0, 0.1) is 0 Å². The Balaban J connectivity index is 1.34. The Kier molecular flexibility index (Phi) is 5.04. The fourth-order valence-electron chi connectivity index (χ4n) is 3.15. The summed E-state index contributed by atoms with van der Waals surface area (Å²) in [5.74, 6) is 0.836. The quantitative estimate of drug-likeness (QED) is 0.689. The lowest BCUT2D eigenvalue weighted by molar-refractivity contribution is -0.0388. The molecule has 0 aliphatic carbocycles. The zero-order valence-electron chi connectivity index (χ0n) is 14.6. The molecular formula is C20H23N3O3. The normalized spacial score (nSPS) is 15.4. The summed E-state index contributed by atoms with van der Waals surface area (Å²) in [7, 11) is 0. The van der Waals surface area contributed by atoms with Crippen LogP contribution in [0.1, 0.15) is 12.8 Å². The molecule has 6 heteroatoms. The van der Waals surface area contributed by atoms with Crippen molar-refractivity contribution in [2.75, 3.05) is 32.2 Å². The van der Waals surface area contributed by atoms with Crippen molar-refractivity contribution in [3.63, 3.8) is 0 Å². The van der Waals surface area contributed by atoms with Crippen LogP contribution in [0.3, 0.4) is 0 Å². The third-order valence-electron chi connectivity index (χ3n) is 4.56. The SMILES string of the molecule is Nc1ccn2c(-c3ccc(OCCOC4CCOCC4)cc3)cnc2c1. The van der Waals surface area contributed by atoms with Crippen LogP contribution in [0.15, 0.2) is 48.8 Å². The van der Waals surface area contributed by atoms with Crippen molar-refractivity contribution in [3.05, 3.63) is 48.8 Å². The van der Waals surface area contributed by atoms with E-state index in [4.69, 9.17) is 19.9 Å². The standard InChI is InChI=1S/C20H23N3O3/c21-16-5-8-23-19(14-22-20(23)13-16)15-1-3-17(4-2-15)25-11-12-26-18-6-9-24-10-7-18/h1-5,8,13-14,18H,6-7,9-12,21H2. The summed E-state index contributed by atoms with van der Waals surface area (Å²) in [6, 6.07) is 11.7. The summed E-state index contributed by atoms with van der Waals surface area (Å²) in [5, 5.41) is 0. The van der Waals surface area contributed by atoms with E-state index in [0.717, 1.165) is 48.7 Å². The van der Waals surface area contributed by atoms with Crippen molar-refractivity contribution in [1.82, 2.24) is 9.38 Å². The van der Waals surface area contributed by atoms with Crippen LogP contribution in [0.2, 0.25) is 0 Å². The molecule has 0 unspecified atom stereocenters. The first kappa shape index (κ1) is 16.9. The van der Waals surface area contributed by atoms with Crippen LogP contribution in [-0.4, -0.2) is 41.9 Å². The lowest BCUT2D eigenvalue weighted by Crippen LogP contribution is -2.25. The minimum absolute atomic E-state index is 0.305. The first-order valence-corrected chi connectivity index (χ1v) is 8.95. The highest BCUT2D eigenvalue weighted by molar-refractivity contribution is 5.66. The van der Waals surface area contributed by atoms with E-state index in [1.54, 1.807) is 0 Å². The highest BCUT2D eigenvalue weighted by Crippen LogP contribution is 2.24. The van der Waals surface area contributed by atoms with Crippen molar-refractivity contribution in [3.8, 4) is 17.0 Å². The molecule has 3 heterocycles. The van der Waals surface area contributed by atoms with Crippen LogP contribution in [0.4, 0.5) is 5.69 Å². The number of ether oxygens (including phenoxy) is 3. The number of pyridine rings is 1. The largest absolute Gasteiger partial charge is 0.491 e. The van der Waals surface area contributed by atoms with Gasteiger partial charge in [-0.3, -0.25) is 4.40 Å². The van der Waals surface area contributed by atoms with Gasteiger partial charge in [0.15, 0.2) is 0 Å². The van der Waals surface area contributed by atoms with E-state index in [9.17, 15) is 0 Å². The van der Waals surface area contributed by atoms with Crippen molar-refractivity contribution in [2.45, 2.75) is 18.9 Å². The summed E-state index contributed by atoms with van der Waals surface area (Å²) in [6.07, 6.45) is 6.04. The molecule has 26 heavy (non-hydrogen) atoms. The molecule has 0 spiro atoms. The highest BCUT2D eigenvalue weighted by Gasteiger charge is 2.13. The second-order valence-electron chi connectivity index (χ2n) is 6.39. The summed E-state index contributed by atoms with van der Waals surface area (Å²) < 4.78 is 18.9. The Labute approximate surface area is 152 Å². The van der Waals surface area contributed by atoms with Crippen molar-refractivity contribution in [1.29, 1.82) is 0 Å². The second-order valence-corrected chi connectivity index (χ2v) is 6.39. The number of nitrogen functional groups attached to an aromatic ring is 1. The van der Waals surface area contributed by atoms with Gasteiger partial charge in [0.1, 0.15) is 18.0 Å². The third-order valence-corrected chi connectivity index (χ3v) is 4.56. The van der Waals surface area contributed by atoms with Gasteiger partial charge in [-0.15, -0.1) is 0 Å². The zero-order valence-corrected chi connectivity index (χ0v) is 14.6. The molecule has 1 fully saturated rings. The van der Waals surface area contributed by atoms with Gasteiger partial charge in [-0.25, -0.2) is 4.98 Å². The van der Waals surface area contributed by atoms with Crippen LogP contribution < -0.4 is 10.5 Å². The smallest absolute Gasteiger partial charge is 0.139 e. The van der Waals surface area contributed by atoms with E-state index in [2.05, 4.69) is 4.98 Å². The molecule has 4 rings (SSSR count). The predicted octanol–water partition coefficient (Wildman–Crippen LogP) is 3.16. The number of hydrogen-bond acceptors (Lipinski definition) is 5. The number of rotatable bonds is 6. The zero-order chi connectivity index (χ0) is 17.8. The van der Waals surface area contributed by atoms with Gasteiger partial charge in [0, 0.05) is 36.7 Å². The van der Waals surface area contributed by atoms with Crippen LogP contribution in [0.25, 0.3) is 16.9 Å². The maximum Gasteiger partial charge on any atom is 0.139 e. The van der Waals surface area contributed by atoms with E-state index in [0.29, 0.717) is 25.0 Å². The number of imidazole rings is 1. The van der Waals surface area contributed by atoms with Crippen molar-refractivity contribution >= 4 is 11.3 Å². The van der Waals surface area contributed by atoms with Gasteiger partial charge >= 0.3 is 0 Å². The number of nitrogens with two attached hydrogens (primary N) is 1. The maximum absolute atomic E-state index is 5.82. The molecule has 2 N–H and O–H groups in total. The van der Waals surface area contributed by atoms with Crippen LogP contribution >= 0.6 is 0 Å². The predicted molar refractivity (Wildman–Crippen MR) is 100 cm³/mol. The van der Waals surface area contributed by atoms with Crippen molar-refractivity contribution in [2.24, 2.45) is 0 Å². The lowest BCUT2D eigenvalue weighted by Gasteiger charge is -2.22. The third kappa shape index (κ3) is 3.81. The summed E-state index contributed by atoms with van der Waals surface area (Å²) in [5.41, 5.74) is 9.46. The molecule has 1 aliphatic heterocycles. The fourth-order valence-corrected chi connectivity index (χ4v) is 3.15. The number of aromatic nitrogens is 2. The minimum atomic E-state index is 0.305. The lowest BCUT2D eigenvalue weighted by atomic mass is 10.1. The molecule has 0 amide bonds. The van der Waals surface area contributed by atoms with E-state index in [1.807, 2.05) is 53.2 Å². The minimum Gasteiger partial charge on any atom is -0.491 e. The van der Waals surface area contributed by atoms with Gasteiger partial charge in [-0.1, -0.05) is 0 Å². The summed E-state index contributed by atoms with van der Waals surface area (Å²) in [4.78, 5) is 4.41. The Morgan fingerprint density at radius 2 is 1.92 bits per heavy atom. The molecule has 2 aromatic heterocycles. The monoisotopic (exact) mass is 353 g/mol. The number of fused-ring (bicyclic) bond motifs is 1. The Morgan fingerprint density at radius 1 is 1.12 bits per heavy atom. The van der Waals surface area contributed by atoms with E-state index < -0.39 is 0 Å². The second kappa shape index (κ2) is 7.76. The molecular weight excluding hydrogens is 330 g/mol.